The number of methoxy groups -OCH3 is 1. The van der Waals surface area contributed by atoms with E-state index in [1.807, 2.05) is 11.0 Å². The maximum atomic E-state index is 11.5. The summed E-state index contributed by atoms with van der Waals surface area (Å²) >= 11 is 0. The van der Waals surface area contributed by atoms with Crippen molar-refractivity contribution in [1.29, 1.82) is 5.26 Å². The Kier molecular flexibility index (Phi) is 3.29. The van der Waals surface area contributed by atoms with Gasteiger partial charge >= 0.3 is 0 Å². The minimum atomic E-state index is 0.194. The molecule has 1 aromatic carbocycles. The average Bonchev–Trinajstić information content (AvgIpc) is 2.75. The van der Waals surface area contributed by atoms with Gasteiger partial charge in [0.15, 0.2) is 0 Å². The number of nitriles is 1. The van der Waals surface area contributed by atoms with Crippen LogP contribution in [-0.4, -0.2) is 24.5 Å². The van der Waals surface area contributed by atoms with Crippen LogP contribution in [0.3, 0.4) is 0 Å². The summed E-state index contributed by atoms with van der Waals surface area (Å²) in [5, 5.41) is 8.98. The molecule has 0 unspecified atom stereocenters. The van der Waals surface area contributed by atoms with Gasteiger partial charge in [-0.25, -0.2) is 0 Å². The van der Waals surface area contributed by atoms with Crippen LogP contribution in [0.4, 0.5) is 0 Å². The van der Waals surface area contributed by atoms with Gasteiger partial charge in [-0.15, -0.1) is 0 Å². The Labute approximate surface area is 100 Å². The number of likely N-dealkylation sites (tertiary alicyclic amines) is 1. The van der Waals surface area contributed by atoms with Crippen LogP contribution in [0.2, 0.25) is 0 Å². The third-order valence-corrected chi connectivity index (χ3v) is 2.93. The Morgan fingerprint density at radius 3 is 2.94 bits per heavy atom. The molecule has 1 fully saturated rings. The molecule has 4 nitrogen and oxygen atoms in total. The Morgan fingerprint density at radius 2 is 2.35 bits per heavy atom. The predicted molar refractivity (Wildman–Crippen MR) is 62.4 cm³/mol. The molecule has 2 rings (SSSR count). The van der Waals surface area contributed by atoms with Crippen LogP contribution in [0.15, 0.2) is 18.2 Å². The molecular formula is C13H14N2O2. The summed E-state index contributed by atoms with van der Waals surface area (Å²) in [6.45, 7) is 1.39. The number of hydrogen-bond donors (Lipinski definition) is 0. The summed E-state index contributed by atoms with van der Waals surface area (Å²) in [6.07, 6.45) is 1.57. The van der Waals surface area contributed by atoms with Gasteiger partial charge in [-0.3, -0.25) is 4.79 Å². The number of nitrogens with zero attached hydrogens (tertiary/aromatic N) is 2. The highest BCUT2D eigenvalue weighted by Gasteiger charge is 2.20. The zero-order valence-electron chi connectivity index (χ0n) is 9.77. The van der Waals surface area contributed by atoms with Crippen molar-refractivity contribution < 1.29 is 9.53 Å². The predicted octanol–water partition coefficient (Wildman–Crippen LogP) is 1.69. The van der Waals surface area contributed by atoms with Crippen molar-refractivity contribution in [3.63, 3.8) is 0 Å². The summed E-state index contributed by atoms with van der Waals surface area (Å²) < 4.78 is 5.08. The van der Waals surface area contributed by atoms with Crippen LogP contribution in [0.5, 0.6) is 5.75 Å². The van der Waals surface area contributed by atoms with Crippen LogP contribution in [0.25, 0.3) is 0 Å². The number of carbonyl (C=O) groups is 1. The van der Waals surface area contributed by atoms with E-state index in [0.717, 1.165) is 18.5 Å². The van der Waals surface area contributed by atoms with E-state index in [1.54, 1.807) is 19.2 Å². The Balaban J connectivity index is 2.17. The van der Waals surface area contributed by atoms with Crippen molar-refractivity contribution in [1.82, 2.24) is 4.90 Å². The third-order valence-electron chi connectivity index (χ3n) is 2.93. The molecule has 1 aromatic rings. The van der Waals surface area contributed by atoms with Gasteiger partial charge in [-0.2, -0.15) is 5.26 Å². The van der Waals surface area contributed by atoms with E-state index < -0.39 is 0 Å². The highest BCUT2D eigenvalue weighted by atomic mass is 16.5. The standard InChI is InChI=1S/C13H14N2O2/c1-17-12-5-4-10(7-11(12)8-14)9-15-6-2-3-13(15)16/h4-5,7H,2-3,6,9H2,1H3. The Hall–Kier alpha value is -2.02. The van der Waals surface area contributed by atoms with E-state index in [2.05, 4.69) is 6.07 Å². The molecule has 1 aliphatic heterocycles. The van der Waals surface area contributed by atoms with Gasteiger partial charge in [0.2, 0.25) is 5.91 Å². The lowest BCUT2D eigenvalue weighted by Gasteiger charge is -2.16. The van der Waals surface area contributed by atoms with E-state index >= 15 is 0 Å². The van der Waals surface area contributed by atoms with Gasteiger partial charge in [-0.1, -0.05) is 6.07 Å². The van der Waals surface area contributed by atoms with Crippen LogP contribution in [-0.2, 0) is 11.3 Å². The quantitative estimate of drug-likeness (QED) is 0.794. The van der Waals surface area contributed by atoms with Crippen LogP contribution in [0.1, 0.15) is 24.0 Å². The fourth-order valence-electron chi connectivity index (χ4n) is 2.03. The molecule has 0 N–H and O–H groups in total. The van der Waals surface area contributed by atoms with Gasteiger partial charge in [0, 0.05) is 19.5 Å². The first-order chi connectivity index (χ1) is 8.24. The number of amides is 1. The van der Waals surface area contributed by atoms with Gasteiger partial charge in [0.1, 0.15) is 11.8 Å². The molecule has 1 aliphatic rings. The number of hydrogen-bond acceptors (Lipinski definition) is 3. The second-order valence-corrected chi connectivity index (χ2v) is 4.07. The zero-order chi connectivity index (χ0) is 12.3. The normalized spacial score (nSPS) is 14.8. The molecule has 0 bridgehead atoms. The van der Waals surface area contributed by atoms with Crippen molar-refractivity contribution >= 4 is 5.91 Å². The van der Waals surface area contributed by atoms with Crippen molar-refractivity contribution in [3.05, 3.63) is 29.3 Å². The first kappa shape index (κ1) is 11.5. The summed E-state index contributed by atoms with van der Waals surface area (Å²) in [7, 11) is 1.54. The molecule has 88 valence electrons. The Morgan fingerprint density at radius 1 is 1.53 bits per heavy atom. The van der Waals surface area contributed by atoms with E-state index in [9.17, 15) is 4.79 Å². The summed E-state index contributed by atoms with van der Waals surface area (Å²) in [6, 6.07) is 7.54. The zero-order valence-corrected chi connectivity index (χ0v) is 9.77. The second-order valence-electron chi connectivity index (χ2n) is 4.07. The molecule has 0 aromatic heterocycles. The van der Waals surface area contributed by atoms with E-state index in [4.69, 9.17) is 10.00 Å². The molecular weight excluding hydrogens is 216 g/mol. The first-order valence-corrected chi connectivity index (χ1v) is 5.59. The second kappa shape index (κ2) is 4.88. The van der Waals surface area contributed by atoms with Gasteiger partial charge in [0.25, 0.3) is 0 Å². The monoisotopic (exact) mass is 230 g/mol. The SMILES string of the molecule is COc1ccc(CN2CCCC2=O)cc1C#N. The van der Waals surface area contributed by atoms with Crippen LogP contribution >= 0.6 is 0 Å². The van der Waals surface area contributed by atoms with Gasteiger partial charge < -0.3 is 9.64 Å². The van der Waals surface area contributed by atoms with Crippen molar-refractivity contribution in [2.24, 2.45) is 0 Å². The van der Waals surface area contributed by atoms with E-state index in [-0.39, 0.29) is 5.91 Å². The molecule has 1 heterocycles. The molecule has 1 saturated heterocycles. The smallest absolute Gasteiger partial charge is 0.222 e. The lowest BCUT2D eigenvalue weighted by Crippen LogP contribution is -2.23. The molecule has 0 saturated carbocycles. The number of carbonyl (C=O) groups excluding carboxylic acids is 1. The average molecular weight is 230 g/mol. The van der Waals surface area contributed by atoms with E-state index in [0.29, 0.717) is 24.3 Å². The van der Waals surface area contributed by atoms with Crippen LogP contribution in [0, 0.1) is 11.3 Å². The van der Waals surface area contributed by atoms with Gasteiger partial charge in [-0.05, 0) is 24.1 Å². The first-order valence-electron chi connectivity index (χ1n) is 5.59. The maximum absolute atomic E-state index is 11.5. The minimum Gasteiger partial charge on any atom is -0.495 e. The number of benzene rings is 1. The van der Waals surface area contributed by atoms with E-state index in [1.165, 1.54) is 0 Å². The summed E-state index contributed by atoms with van der Waals surface area (Å²) in [5.74, 6) is 0.767. The topological polar surface area (TPSA) is 53.3 Å². The highest BCUT2D eigenvalue weighted by Crippen LogP contribution is 2.21. The molecule has 0 atom stereocenters. The summed E-state index contributed by atoms with van der Waals surface area (Å²) in [4.78, 5) is 13.3. The fourth-order valence-corrected chi connectivity index (χ4v) is 2.03. The van der Waals surface area contributed by atoms with Crippen molar-refractivity contribution in [3.8, 4) is 11.8 Å². The largest absolute Gasteiger partial charge is 0.495 e. The molecule has 1 amide bonds. The lowest BCUT2D eigenvalue weighted by atomic mass is 10.1. The number of ether oxygens (including phenoxy) is 1. The highest BCUT2D eigenvalue weighted by molar-refractivity contribution is 5.78. The molecule has 4 heteroatoms. The minimum absolute atomic E-state index is 0.194. The lowest BCUT2D eigenvalue weighted by molar-refractivity contribution is -0.128. The van der Waals surface area contributed by atoms with Crippen molar-refractivity contribution in [2.45, 2.75) is 19.4 Å². The van der Waals surface area contributed by atoms with Crippen molar-refractivity contribution in [2.75, 3.05) is 13.7 Å². The molecule has 0 aliphatic carbocycles. The third kappa shape index (κ3) is 2.39. The molecule has 0 spiro atoms. The summed E-state index contributed by atoms with van der Waals surface area (Å²) in [5.41, 5.74) is 1.48. The maximum Gasteiger partial charge on any atom is 0.222 e. The Bertz CT molecular complexity index is 477. The molecule has 17 heavy (non-hydrogen) atoms. The van der Waals surface area contributed by atoms with Crippen LogP contribution < -0.4 is 4.74 Å². The fraction of sp³-hybridized carbons (Fsp3) is 0.385. The number of rotatable bonds is 3. The molecule has 0 radical (unpaired) electrons. The van der Waals surface area contributed by atoms with Gasteiger partial charge in [0.05, 0.1) is 12.7 Å².